The molecule has 0 aliphatic heterocycles. The Bertz CT molecular complexity index is 372. The van der Waals surface area contributed by atoms with Crippen LogP contribution in [0.5, 0.6) is 0 Å². The molecule has 0 N–H and O–H groups in total. The standard InChI is InChI=1S/C13H17FO2/c1-4-16-13(15)7-10-5-6-11(14)8-12(10)9(2)3/h5-6,8-9H,4,7H2,1-3H3. The molecule has 0 aromatic heterocycles. The molecule has 0 spiro atoms. The molecule has 0 aliphatic carbocycles. The summed E-state index contributed by atoms with van der Waals surface area (Å²) in [6, 6.07) is 4.52. The van der Waals surface area contributed by atoms with Crippen molar-refractivity contribution in [2.75, 3.05) is 6.61 Å². The van der Waals surface area contributed by atoms with Gasteiger partial charge in [0.2, 0.25) is 0 Å². The van der Waals surface area contributed by atoms with Crippen molar-refractivity contribution < 1.29 is 13.9 Å². The summed E-state index contributed by atoms with van der Waals surface area (Å²) in [6.07, 6.45) is 0.210. The zero-order valence-corrected chi connectivity index (χ0v) is 9.92. The first-order valence-corrected chi connectivity index (χ1v) is 5.48. The summed E-state index contributed by atoms with van der Waals surface area (Å²) in [4.78, 5) is 11.4. The summed E-state index contributed by atoms with van der Waals surface area (Å²) in [7, 11) is 0. The molecule has 0 unspecified atom stereocenters. The lowest BCUT2D eigenvalue weighted by Gasteiger charge is -2.12. The monoisotopic (exact) mass is 224 g/mol. The van der Waals surface area contributed by atoms with Gasteiger partial charge in [0.05, 0.1) is 13.0 Å². The highest BCUT2D eigenvalue weighted by Crippen LogP contribution is 2.21. The number of rotatable bonds is 4. The second-order valence-electron chi connectivity index (χ2n) is 3.98. The summed E-state index contributed by atoms with van der Waals surface area (Å²) in [5.41, 5.74) is 1.71. The van der Waals surface area contributed by atoms with Crippen LogP contribution < -0.4 is 0 Å². The van der Waals surface area contributed by atoms with Crippen molar-refractivity contribution in [2.45, 2.75) is 33.1 Å². The minimum atomic E-state index is -0.268. The number of carbonyl (C=O) groups excluding carboxylic acids is 1. The van der Waals surface area contributed by atoms with E-state index in [-0.39, 0.29) is 24.1 Å². The van der Waals surface area contributed by atoms with Crippen molar-refractivity contribution >= 4 is 5.97 Å². The predicted octanol–water partition coefficient (Wildman–Crippen LogP) is 3.05. The molecule has 0 saturated carbocycles. The Morgan fingerprint density at radius 3 is 2.69 bits per heavy atom. The predicted molar refractivity (Wildman–Crippen MR) is 60.8 cm³/mol. The van der Waals surface area contributed by atoms with Crippen molar-refractivity contribution in [3.63, 3.8) is 0 Å². The Labute approximate surface area is 95.4 Å². The van der Waals surface area contributed by atoms with Crippen molar-refractivity contribution in [1.29, 1.82) is 0 Å². The molecule has 0 aliphatic rings. The molecule has 2 nitrogen and oxygen atoms in total. The molecule has 1 rings (SSSR count). The highest BCUT2D eigenvalue weighted by atomic mass is 19.1. The first-order valence-electron chi connectivity index (χ1n) is 5.48. The number of carbonyl (C=O) groups is 1. The average Bonchev–Trinajstić information content (AvgIpc) is 2.20. The molecule has 0 atom stereocenters. The van der Waals surface area contributed by atoms with Gasteiger partial charge in [0.25, 0.3) is 0 Å². The number of hydrogen-bond acceptors (Lipinski definition) is 2. The highest BCUT2D eigenvalue weighted by Gasteiger charge is 2.12. The van der Waals surface area contributed by atoms with E-state index in [1.54, 1.807) is 13.0 Å². The molecule has 88 valence electrons. The lowest BCUT2D eigenvalue weighted by atomic mass is 9.95. The average molecular weight is 224 g/mol. The summed E-state index contributed by atoms with van der Waals surface area (Å²) >= 11 is 0. The Kier molecular flexibility index (Phi) is 4.47. The molecule has 0 fully saturated rings. The summed E-state index contributed by atoms with van der Waals surface area (Å²) < 4.78 is 18.0. The van der Waals surface area contributed by atoms with Crippen LogP contribution in [0.3, 0.4) is 0 Å². The van der Waals surface area contributed by atoms with Crippen molar-refractivity contribution in [2.24, 2.45) is 0 Å². The Morgan fingerprint density at radius 2 is 2.12 bits per heavy atom. The van der Waals surface area contributed by atoms with Gasteiger partial charge in [-0.05, 0) is 36.1 Å². The fourth-order valence-electron chi connectivity index (χ4n) is 1.63. The number of halogens is 1. The molecular weight excluding hydrogens is 207 g/mol. The number of benzene rings is 1. The third-order valence-electron chi connectivity index (χ3n) is 2.37. The van der Waals surface area contributed by atoms with Crippen LogP contribution in [0.1, 0.15) is 37.8 Å². The smallest absolute Gasteiger partial charge is 0.310 e. The molecule has 1 aromatic rings. The van der Waals surface area contributed by atoms with Gasteiger partial charge in [0.15, 0.2) is 0 Å². The van der Waals surface area contributed by atoms with Crippen LogP contribution in [0.15, 0.2) is 18.2 Å². The van der Waals surface area contributed by atoms with Gasteiger partial charge >= 0.3 is 5.97 Å². The first kappa shape index (κ1) is 12.7. The summed E-state index contributed by atoms with van der Waals surface area (Å²) in [6.45, 7) is 6.09. The van der Waals surface area contributed by atoms with E-state index in [0.29, 0.717) is 6.61 Å². The lowest BCUT2D eigenvalue weighted by Crippen LogP contribution is -2.10. The van der Waals surface area contributed by atoms with E-state index in [1.165, 1.54) is 12.1 Å². The van der Waals surface area contributed by atoms with Gasteiger partial charge in [-0.2, -0.15) is 0 Å². The summed E-state index contributed by atoms with van der Waals surface area (Å²) in [5, 5.41) is 0. The maximum Gasteiger partial charge on any atom is 0.310 e. The van der Waals surface area contributed by atoms with E-state index < -0.39 is 0 Å². The van der Waals surface area contributed by atoms with Crippen molar-refractivity contribution in [3.05, 3.63) is 35.1 Å². The van der Waals surface area contributed by atoms with E-state index in [9.17, 15) is 9.18 Å². The van der Waals surface area contributed by atoms with Crippen LogP contribution in [0.4, 0.5) is 4.39 Å². The van der Waals surface area contributed by atoms with Crippen LogP contribution in [-0.2, 0) is 16.0 Å². The number of esters is 1. The van der Waals surface area contributed by atoms with Crippen molar-refractivity contribution in [3.8, 4) is 0 Å². The molecule has 0 radical (unpaired) electrons. The molecule has 0 heterocycles. The molecule has 0 saturated heterocycles. The van der Waals surface area contributed by atoms with Gasteiger partial charge in [-0.3, -0.25) is 4.79 Å². The van der Waals surface area contributed by atoms with Crippen molar-refractivity contribution in [1.82, 2.24) is 0 Å². The SMILES string of the molecule is CCOC(=O)Cc1ccc(F)cc1C(C)C. The topological polar surface area (TPSA) is 26.3 Å². The first-order chi connectivity index (χ1) is 7.54. The van der Waals surface area contributed by atoms with Crippen LogP contribution in [-0.4, -0.2) is 12.6 Å². The Balaban J connectivity index is 2.90. The van der Waals surface area contributed by atoms with Crippen LogP contribution in [0.2, 0.25) is 0 Å². The molecule has 16 heavy (non-hydrogen) atoms. The molecule has 3 heteroatoms. The van der Waals surface area contributed by atoms with E-state index in [2.05, 4.69) is 0 Å². The third-order valence-corrected chi connectivity index (χ3v) is 2.37. The third kappa shape index (κ3) is 3.33. The van der Waals surface area contributed by atoms with Gasteiger partial charge in [0, 0.05) is 0 Å². The fraction of sp³-hybridized carbons (Fsp3) is 0.462. The van der Waals surface area contributed by atoms with Gasteiger partial charge < -0.3 is 4.74 Å². The fourth-order valence-corrected chi connectivity index (χ4v) is 1.63. The maximum atomic E-state index is 13.1. The summed E-state index contributed by atoms with van der Waals surface area (Å²) in [5.74, 6) is -0.340. The van der Waals surface area contributed by atoms with E-state index in [1.807, 2.05) is 13.8 Å². The van der Waals surface area contributed by atoms with Gasteiger partial charge in [-0.1, -0.05) is 19.9 Å². The second-order valence-corrected chi connectivity index (χ2v) is 3.98. The minimum absolute atomic E-state index is 0.195. The molecule has 0 amide bonds. The van der Waals surface area contributed by atoms with Crippen LogP contribution in [0.25, 0.3) is 0 Å². The zero-order valence-electron chi connectivity index (χ0n) is 9.92. The Hall–Kier alpha value is -1.38. The quantitative estimate of drug-likeness (QED) is 0.735. The lowest BCUT2D eigenvalue weighted by molar-refractivity contribution is -0.142. The zero-order chi connectivity index (χ0) is 12.1. The van der Waals surface area contributed by atoms with Crippen LogP contribution >= 0.6 is 0 Å². The second kappa shape index (κ2) is 5.64. The van der Waals surface area contributed by atoms with E-state index in [0.717, 1.165) is 11.1 Å². The van der Waals surface area contributed by atoms with E-state index >= 15 is 0 Å². The van der Waals surface area contributed by atoms with Crippen LogP contribution in [0, 0.1) is 5.82 Å². The van der Waals surface area contributed by atoms with Gasteiger partial charge in [-0.15, -0.1) is 0 Å². The normalized spacial score (nSPS) is 10.6. The Morgan fingerprint density at radius 1 is 1.44 bits per heavy atom. The van der Waals surface area contributed by atoms with Gasteiger partial charge in [-0.25, -0.2) is 4.39 Å². The van der Waals surface area contributed by atoms with Gasteiger partial charge in [0.1, 0.15) is 5.82 Å². The minimum Gasteiger partial charge on any atom is -0.466 e. The molecular formula is C13H17FO2. The molecule has 1 aromatic carbocycles. The largest absolute Gasteiger partial charge is 0.466 e. The number of ether oxygens (including phenoxy) is 1. The maximum absolute atomic E-state index is 13.1. The highest BCUT2D eigenvalue weighted by molar-refractivity contribution is 5.73. The van der Waals surface area contributed by atoms with E-state index in [4.69, 9.17) is 4.74 Å². The molecule has 0 bridgehead atoms. The number of hydrogen-bond donors (Lipinski definition) is 0.